The van der Waals surface area contributed by atoms with Crippen LogP contribution in [-0.2, 0) is 19.9 Å². The summed E-state index contributed by atoms with van der Waals surface area (Å²) in [5, 5.41) is -0.845. The molecular weight excluding hydrogens is 274 g/mol. The SMILES string of the molecule is Cc1ccccc1NS(=O)(=O)[C@@H]1CCS(=O)(=O)C1. The number of anilines is 1. The zero-order valence-electron chi connectivity index (χ0n) is 9.96. The highest BCUT2D eigenvalue weighted by atomic mass is 32.2. The largest absolute Gasteiger partial charge is 0.283 e. The van der Waals surface area contributed by atoms with E-state index in [2.05, 4.69) is 4.72 Å². The van der Waals surface area contributed by atoms with Crippen molar-refractivity contribution in [3.05, 3.63) is 29.8 Å². The van der Waals surface area contributed by atoms with Crippen molar-refractivity contribution in [3.8, 4) is 0 Å². The van der Waals surface area contributed by atoms with Crippen LogP contribution in [0.5, 0.6) is 0 Å². The molecule has 1 N–H and O–H groups in total. The van der Waals surface area contributed by atoms with Crippen molar-refractivity contribution in [1.29, 1.82) is 0 Å². The van der Waals surface area contributed by atoms with Gasteiger partial charge in [-0.3, -0.25) is 4.72 Å². The van der Waals surface area contributed by atoms with E-state index in [0.717, 1.165) is 5.56 Å². The molecule has 0 saturated carbocycles. The molecule has 0 aromatic heterocycles. The Labute approximate surface area is 107 Å². The Morgan fingerprint density at radius 2 is 1.94 bits per heavy atom. The van der Waals surface area contributed by atoms with Gasteiger partial charge in [0.15, 0.2) is 9.84 Å². The molecule has 1 fully saturated rings. The fraction of sp³-hybridized carbons (Fsp3) is 0.455. The minimum atomic E-state index is -3.64. The van der Waals surface area contributed by atoms with E-state index in [-0.39, 0.29) is 17.9 Å². The van der Waals surface area contributed by atoms with Crippen LogP contribution >= 0.6 is 0 Å². The average molecular weight is 289 g/mol. The molecule has 1 atom stereocenters. The topological polar surface area (TPSA) is 80.3 Å². The van der Waals surface area contributed by atoms with Gasteiger partial charge in [0, 0.05) is 0 Å². The van der Waals surface area contributed by atoms with Crippen LogP contribution in [0.2, 0.25) is 0 Å². The molecule has 1 saturated heterocycles. The van der Waals surface area contributed by atoms with Crippen molar-refractivity contribution in [2.75, 3.05) is 16.2 Å². The van der Waals surface area contributed by atoms with Crippen molar-refractivity contribution in [2.24, 2.45) is 0 Å². The van der Waals surface area contributed by atoms with Crippen LogP contribution in [0.15, 0.2) is 24.3 Å². The summed E-state index contributed by atoms with van der Waals surface area (Å²) in [5.41, 5.74) is 1.31. The van der Waals surface area contributed by atoms with Crippen LogP contribution in [0.4, 0.5) is 5.69 Å². The number of sulfonamides is 1. The second-order valence-electron chi connectivity index (χ2n) is 4.49. The Balaban J connectivity index is 2.21. The molecule has 1 aliphatic rings. The molecule has 18 heavy (non-hydrogen) atoms. The fourth-order valence-electron chi connectivity index (χ4n) is 1.93. The van der Waals surface area contributed by atoms with Crippen molar-refractivity contribution >= 4 is 25.5 Å². The van der Waals surface area contributed by atoms with Crippen molar-refractivity contribution in [2.45, 2.75) is 18.6 Å². The van der Waals surface area contributed by atoms with Crippen molar-refractivity contribution in [1.82, 2.24) is 0 Å². The van der Waals surface area contributed by atoms with Gasteiger partial charge >= 0.3 is 0 Å². The third kappa shape index (κ3) is 2.84. The molecule has 1 aliphatic heterocycles. The second kappa shape index (κ2) is 4.55. The van der Waals surface area contributed by atoms with Gasteiger partial charge in [0.05, 0.1) is 22.4 Å². The highest BCUT2D eigenvalue weighted by Gasteiger charge is 2.37. The third-order valence-electron chi connectivity index (χ3n) is 3.03. The first kappa shape index (κ1) is 13.4. The van der Waals surface area contributed by atoms with E-state index in [4.69, 9.17) is 0 Å². The maximum atomic E-state index is 12.1. The molecule has 0 spiro atoms. The van der Waals surface area contributed by atoms with E-state index in [9.17, 15) is 16.8 Å². The van der Waals surface area contributed by atoms with Gasteiger partial charge < -0.3 is 0 Å². The third-order valence-corrected chi connectivity index (χ3v) is 6.79. The number of hydrogen-bond donors (Lipinski definition) is 1. The summed E-state index contributed by atoms with van der Waals surface area (Å²) >= 11 is 0. The lowest BCUT2D eigenvalue weighted by atomic mass is 10.2. The summed E-state index contributed by atoms with van der Waals surface area (Å²) in [6.45, 7) is 1.79. The summed E-state index contributed by atoms with van der Waals surface area (Å²) < 4.78 is 49.2. The molecule has 1 heterocycles. The van der Waals surface area contributed by atoms with E-state index in [1.807, 2.05) is 6.07 Å². The first-order valence-corrected chi connectivity index (χ1v) is 8.95. The van der Waals surface area contributed by atoms with Gasteiger partial charge in [-0.15, -0.1) is 0 Å². The van der Waals surface area contributed by atoms with Gasteiger partial charge in [-0.05, 0) is 25.0 Å². The molecule has 0 aliphatic carbocycles. The highest BCUT2D eigenvalue weighted by molar-refractivity contribution is 7.97. The summed E-state index contributed by atoms with van der Waals surface area (Å²) in [6.07, 6.45) is 0.170. The molecule has 1 aromatic carbocycles. The van der Waals surface area contributed by atoms with Gasteiger partial charge in [0.2, 0.25) is 10.0 Å². The van der Waals surface area contributed by atoms with Crippen LogP contribution in [0.3, 0.4) is 0 Å². The smallest absolute Gasteiger partial charge is 0.236 e. The lowest BCUT2D eigenvalue weighted by Crippen LogP contribution is -2.29. The summed E-state index contributed by atoms with van der Waals surface area (Å²) in [6, 6.07) is 7.00. The number of benzene rings is 1. The molecule has 5 nitrogen and oxygen atoms in total. The maximum Gasteiger partial charge on any atom is 0.236 e. The van der Waals surface area contributed by atoms with E-state index in [1.54, 1.807) is 25.1 Å². The number of hydrogen-bond acceptors (Lipinski definition) is 4. The first-order chi connectivity index (χ1) is 8.30. The first-order valence-electron chi connectivity index (χ1n) is 5.58. The molecule has 1 aromatic rings. The Morgan fingerprint density at radius 3 is 2.50 bits per heavy atom. The van der Waals surface area contributed by atoms with Crippen LogP contribution in [0.1, 0.15) is 12.0 Å². The zero-order valence-corrected chi connectivity index (χ0v) is 11.6. The van der Waals surface area contributed by atoms with E-state index in [1.165, 1.54) is 0 Å². The lowest BCUT2D eigenvalue weighted by Gasteiger charge is -2.14. The standard InChI is InChI=1S/C11H15NO4S2/c1-9-4-2-3-5-11(9)12-18(15,16)10-6-7-17(13,14)8-10/h2-5,10,12H,6-8H2,1H3/t10-/m1/s1. The Kier molecular flexibility index (Phi) is 3.37. The lowest BCUT2D eigenvalue weighted by molar-refractivity contribution is 0.587. The Morgan fingerprint density at radius 1 is 1.28 bits per heavy atom. The van der Waals surface area contributed by atoms with Crippen LogP contribution in [0.25, 0.3) is 0 Å². The number of aryl methyl sites for hydroxylation is 1. The molecule has 0 bridgehead atoms. The quantitative estimate of drug-likeness (QED) is 0.897. The van der Waals surface area contributed by atoms with E-state index in [0.29, 0.717) is 5.69 Å². The highest BCUT2D eigenvalue weighted by Crippen LogP contribution is 2.22. The molecule has 0 amide bonds. The van der Waals surface area contributed by atoms with Crippen LogP contribution in [0, 0.1) is 6.92 Å². The number of nitrogens with one attached hydrogen (secondary N) is 1. The molecular formula is C11H15NO4S2. The Hall–Kier alpha value is -1.08. The maximum absolute atomic E-state index is 12.1. The normalized spacial score (nSPS) is 22.8. The van der Waals surface area contributed by atoms with Crippen molar-refractivity contribution < 1.29 is 16.8 Å². The summed E-state index contributed by atoms with van der Waals surface area (Å²) in [5.74, 6) is -0.333. The average Bonchev–Trinajstić information content (AvgIpc) is 2.63. The molecule has 0 radical (unpaired) electrons. The molecule has 2 rings (SSSR count). The number of para-hydroxylation sites is 1. The van der Waals surface area contributed by atoms with Gasteiger partial charge in [0.25, 0.3) is 0 Å². The van der Waals surface area contributed by atoms with E-state index >= 15 is 0 Å². The minimum absolute atomic E-state index is 0.0493. The number of rotatable bonds is 3. The molecule has 0 unspecified atom stereocenters. The predicted octanol–water partition coefficient (Wildman–Crippen LogP) is 0.924. The molecule has 7 heteroatoms. The van der Waals surface area contributed by atoms with Crippen LogP contribution < -0.4 is 4.72 Å². The Bertz CT molecular complexity index is 649. The van der Waals surface area contributed by atoms with E-state index < -0.39 is 25.1 Å². The fourth-order valence-corrected chi connectivity index (χ4v) is 6.09. The summed E-state index contributed by atoms with van der Waals surface area (Å²) in [4.78, 5) is 0. The molecule has 100 valence electrons. The van der Waals surface area contributed by atoms with Crippen LogP contribution in [-0.4, -0.2) is 33.6 Å². The van der Waals surface area contributed by atoms with Gasteiger partial charge in [0.1, 0.15) is 0 Å². The zero-order chi connectivity index (χ0) is 13.4. The van der Waals surface area contributed by atoms with Crippen molar-refractivity contribution in [3.63, 3.8) is 0 Å². The van der Waals surface area contributed by atoms with Gasteiger partial charge in [-0.1, -0.05) is 18.2 Å². The summed E-state index contributed by atoms with van der Waals surface area (Å²) in [7, 11) is -6.84. The second-order valence-corrected chi connectivity index (χ2v) is 8.68. The number of sulfone groups is 1. The predicted molar refractivity (Wildman–Crippen MR) is 70.8 cm³/mol. The van der Waals surface area contributed by atoms with Gasteiger partial charge in [-0.25, -0.2) is 16.8 Å². The minimum Gasteiger partial charge on any atom is -0.283 e. The van der Waals surface area contributed by atoms with Gasteiger partial charge in [-0.2, -0.15) is 0 Å². The monoisotopic (exact) mass is 289 g/mol.